The molecule has 7 heteroatoms. The summed E-state index contributed by atoms with van der Waals surface area (Å²) >= 11 is 6.93. The normalized spacial score (nSPS) is 14.5. The van der Waals surface area contributed by atoms with Crippen LogP contribution >= 0.6 is 24.0 Å². The zero-order valence-electron chi connectivity index (χ0n) is 20.8. The van der Waals surface area contributed by atoms with E-state index in [4.69, 9.17) is 22.1 Å². The second-order valence-electron chi connectivity index (χ2n) is 8.69. The van der Waals surface area contributed by atoms with Crippen LogP contribution in [0.2, 0.25) is 0 Å². The Morgan fingerprint density at radius 1 is 1.03 bits per heavy atom. The monoisotopic (exact) mass is 525 g/mol. The molecule has 4 aromatic rings. The van der Waals surface area contributed by atoms with E-state index in [0.717, 1.165) is 40.2 Å². The lowest BCUT2D eigenvalue weighted by Crippen LogP contribution is -2.30. The number of carbonyl (C=O) groups is 1. The van der Waals surface area contributed by atoms with Crippen LogP contribution in [0.5, 0.6) is 5.75 Å². The molecule has 1 aromatic heterocycles. The summed E-state index contributed by atoms with van der Waals surface area (Å²) in [5, 5.41) is 4.93. The quantitative estimate of drug-likeness (QED) is 0.189. The molecule has 0 radical (unpaired) electrons. The van der Waals surface area contributed by atoms with Gasteiger partial charge in [0.25, 0.3) is 5.91 Å². The second-order valence-corrected chi connectivity index (χ2v) is 10.4. The fourth-order valence-corrected chi connectivity index (χ4v) is 5.59. The lowest BCUT2D eigenvalue weighted by atomic mass is 10.0. The third-order valence-corrected chi connectivity index (χ3v) is 7.53. The Balaban J connectivity index is 1.49. The third kappa shape index (κ3) is 5.53. The number of para-hydroxylation sites is 1. The molecule has 0 atom stereocenters. The first-order valence-electron chi connectivity index (χ1n) is 12.2. The molecule has 1 aliphatic rings. The number of amides is 1. The summed E-state index contributed by atoms with van der Waals surface area (Å²) in [5.74, 6) is 0.764. The van der Waals surface area contributed by atoms with E-state index in [1.807, 2.05) is 97.5 Å². The minimum atomic E-state index is -0.0623. The smallest absolute Gasteiger partial charge is 0.266 e. The Hall–Kier alpha value is -3.68. The van der Waals surface area contributed by atoms with Crippen LogP contribution < -0.4 is 4.74 Å². The summed E-state index contributed by atoms with van der Waals surface area (Å²) in [6.07, 6.45) is 4.64. The van der Waals surface area contributed by atoms with Crippen molar-refractivity contribution >= 4 is 40.3 Å². The van der Waals surface area contributed by atoms with Crippen molar-refractivity contribution in [2.24, 2.45) is 0 Å². The molecular formula is C30H27N3O2S2. The maximum atomic E-state index is 13.4. The number of aryl methyl sites for hydroxylation is 1. The molecular weight excluding hydrogens is 498 g/mol. The van der Waals surface area contributed by atoms with E-state index in [1.54, 1.807) is 4.90 Å². The molecule has 0 N–H and O–H groups in total. The van der Waals surface area contributed by atoms with E-state index in [2.05, 4.69) is 12.1 Å². The number of thiocarbonyl (C=S) groups is 1. The first-order valence-corrected chi connectivity index (χ1v) is 13.4. The Labute approximate surface area is 226 Å². The average Bonchev–Trinajstić information content (AvgIpc) is 3.44. The van der Waals surface area contributed by atoms with Crippen LogP contribution in [0.4, 0.5) is 0 Å². The van der Waals surface area contributed by atoms with E-state index < -0.39 is 0 Å². The number of hydrogen-bond donors (Lipinski definition) is 0. The van der Waals surface area contributed by atoms with Gasteiger partial charge in [0, 0.05) is 23.9 Å². The molecule has 37 heavy (non-hydrogen) atoms. The van der Waals surface area contributed by atoms with E-state index in [1.165, 1.54) is 17.3 Å². The van der Waals surface area contributed by atoms with Crippen molar-refractivity contribution in [3.63, 3.8) is 0 Å². The van der Waals surface area contributed by atoms with Crippen molar-refractivity contribution in [1.29, 1.82) is 0 Å². The lowest BCUT2D eigenvalue weighted by Gasteiger charge is -2.14. The number of carbonyl (C=O) groups excluding carboxylic acids is 1. The Morgan fingerprint density at radius 3 is 2.46 bits per heavy atom. The summed E-state index contributed by atoms with van der Waals surface area (Å²) in [6.45, 7) is 5.18. The largest absolute Gasteiger partial charge is 0.494 e. The van der Waals surface area contributed by atoms with Crippen molar-refractivity contribution in [1.82, 2.24) is 14.7 Å². The molecule has 0 unspecified atom stereocenters. The maximum Gasteiger partial charge on any atom is 0.266 e. The lowest BCUT2D eigenvalue weighted by molar-refractivity contribution is -0.122. The fraction of sp³-hybridized carbons (Fsp3) is 0.167. The zero-order valence-corrected chi connectivity index (χ0v) is 22.4. The number of benzene rings is 3. The van der Waals surface area contributed by atoms with Gasteiger partial charge in [-0.3, -0.25) is 9.69 Å². The highest BCUT2D eigenvalue weighted by molar-refractivity contribution is 8.26. The van der Waals surface area contributed by atoms with Crippen molar-refractivity contribution in [2.45, 2.75) is 20.3 Å². The molecule has 0 bridgehead atoms. The molecule has 3 aromatic carbocycles. The second kappa shape index (κ2) is 11.2. The van der Waals surface area contributed by atoms with Crippen LogP contribution in [0.3, 0.4) is 0 Å². The summed E-state index contributed by atoms with van der Waals surface area (Å²) < 4.78 is 8.12. The van der Waals surface area contributed by atoms with Crippen LogP contribution in [0.15, 0.2) is 90.0 Å². The van der Waals surface area contributed by atoms with E-state index in [-0.39, 0.29) is 5.91 Å². The minimum absolute atomic E-state index is 0.0623. The van der Waals surface area contributed by atoms with E-state index in [0.29, 0.717) is 22.4 Å². The average molecular weight is 526 g/mol. The van der Waals surface area contributed by atoms with Crippen molar-refractivity contribution < 1.29 is 9.53 Å². The van der Waals surface area contributed by atoms with Crippen molar-refractivity contribution in [3.8, 4) is 22.7 Å². The van der Waals surface area contributed by atoms with Gasteiger partial charge in [-0.2, -0.15) is 5.10 Å². The molecule has 1 fully saturated rings. The Morgan fingerprint density at radius 2 is 1.76 bits per heavy atom. The highest BCUT2D eigenvalue weighted by Gasteiger charge is 2.32. The van der Waals surface area contributed by atoms with Gasteiger partial charge in [0.1, 0.15) is 15.8 Å². The van der Waals surface area contributed by atoms with Crippen LogP contribution in [-0.4, -0.2) is 38.1 Å². The highest BCUT2D eigenvalue weighted by atomic mass is 32.2. The standard InChI is InChI=1S/C30H27N3O2S2/c1-3-35-25-14-15-26(21(2)18-25)28-23(20-33(31-28)24-12-8-5-9-13-24)19-27-29(34)32(30(36)37-27)17-16-22-10-6-4-7-11-22/h4-15,18-20H,3,16-17H2,1-2H3/b27-19-. The van der Waals surface area contributed by atoms with Crippen molar-refractivity contribution in [2.75, 3.05) is 13.2 Å². The maximum absolute atomic E-state index is 13.4. The summed E-state index contributed by atoms with van der Waals surface area (Å²) in [4.78, 5) is 15.7. The molecule has 2 heterocycles. The predicted octanol–water partition coefficient (Wildman–Crippen LogP) is 6.69. The number of aromatic nitrogens is 2. The Kier molecular flexibility index (Phi) is 7.53. The molecule has 0 aliphatic carbocycles. The molecule has 5 nitrogen and oxygen atoms in total. The highest BCUT2D eigenvalue weighted by Crippen LogP contribution is 2.36. The summed E-state index contributed by atoms with van der Waals surface area (Å²) in [6, 6.07) is 26.1. The minimum Gasteiger partial charge on any atom is -0.494 e. The topological polar surface area (TPSA) is 47.4 Å². The number of rotatable bonds is 8. The number of thioether (sulfide) groups is 1. The van der Waals surface area contributed by atoms with Gasteiger partial charge in [-0.1, -0.05) is 72.5 Å². The molecule has 1 aliphatic heterocycles. The van der Waals surface area contributed by atoms with Gasteiger partial charge in [0.2, 0.25) is 0 Å². The summed E-state index contributed by atoms with van der Waals surface area (Å²) in [7, 11) is 0. The number of nitrogens with zero attached hydrogens (tertiary/aromatic N) is 3. The fourth-order valence-electron chi connectivity index (χ4n) is 4.29. The van der Waals surface area contributed by atoms with Gasteiger partial charge in [-0.25, -0.2) is 4.68 Å². The van der Waals surface area contributed by atoms with Crippen LogP contribution in [0, 0.1) is 6.92 Å². The van der Waals surface area contributed by atoms with Gasteiger partial charge in [0.05, 0.1) is 17.2 Å². The van der Waals surface area contributed by atoms with E-state index >= 15 is 0 Å². The first kappa shape index (κ1) is 25.0. The van der Waals surface area contributed by atoms with Gasteiger partial charge >= 0.3 is 0 Å². The molecule has 186 valence electrons. The molecule has 1 amide bonds. The molecule has 0 spiro atoms. The number of ether oxygens (including phenoxy) is 1. The summed E-state index contributed by atoms with van der Waals surface area (Å²) in [5.41, 5.74) is 5.83. The van der Waals surface area contributed by atoms with Gasteiger partial charge in [-0.15, -0.1) is 0 Å². The van der Waals surface area contributed by atoms with Crippen LogP contribution in [0.1, 0.15) is 23.6 Å². The predicted molar refractivity (Wildman–Crippen MR) is 155 cm³/mol. The molecule has 1 saturated heterocycles. The first-order chi connectivity index (χ1) is 18.0. The van der Waals surface area contributed by atoms with Crippen LogP contribution in [-0.2, 0) is 11.2 Å². The molecule has 5 rings (SSSR count). The van der Waals surface area contributed by atoms with Gasteiger partial charge in [0.15, 0.2) is 0 Å². The van der Waals surface area contributed by atoms with Crippen molar-refractivity contribution in [3.05, 3.63) is 107 Å². The van der Waals surface area contributed by atoms with Gasteiger partial charge < -0.3 is 4.74 Å². The molecule has 0 saturated carbocycles. The zero-order chi connectivity index (χ0) is 25.8. The number of hydrogen-bond acceptors (Lipinski definition) is 5. The SMILES string of the molecule is CCOc1ccc(-c2nn(-c3ccccc3)cc2/C=C2\SC(=S)N(CCc3ccccc3)C2=O)c(C)c1. The van der Waals surface area contributed by atoms with Crippen LogP contribution in [0.25, 0.3) is 23.0 Å². The Bertz CT molecular complexity index is 1460. The third-order valence-electron chi connectivity index (χ3n) is 6.15. The van der Waals surface area contributed by atoms with E-state index in [9.17, 15) is 4.79 Å². The van der Waals surface area contributed by atoms with Gasteiger partial charge in [-0.05, 0) is 67.8 Å².